The van der Waals surface area contributed by atoms with Gasteiger partial charge in [-0.2, -0.15) is 0 Å². The van der Waals surface area contributed by atoms with Crippen molar-refractivity contribution in [3.05, 3.63) is 35.6 Å². The average molecular weight is 266 g/mol. The van der Waals surface area contributed by atoms with Gasteiger partial charge in [0.25, 0.3) is 0 Å². The van der Waals surface area contributed by atoms with Gasteiger partial charge in [0.2, 0.25) is 5.91 Å². The molecule has 0 saturated carbocycles. The number of nitrogens with zero attached hydrogens (tertiary/aromatic N) is 1. The highest BCUT2D eigenvalue weighted by Crippen LogP contribution is 2.16. The summed E-state index contributed by atoms with van der Waals surface area (Å²) in [4.78, 5) is 13.5. The van der Waals surface area contributed by atoms with E-state index in [1.807, 2.05) is 0 Å². The van der Waals surface area contributed by atoms with Crippen LogP contribution in [-0.2, 0) is 11.2 Å². The minimum absolute atomic E-state index is 0.120. The molecule has 2 rings (SSSR count). The Kier molecular flexibility index (Phi) is 4.17. The molecule has 0 bridgehead atoms. The van der Waals surface area contributed by atoms with E-state index in [1.165, 1.54) is 17.0 Å². The van der Waals surface area contributed by atoms with Crippen molar-refractivity contribution < 1.29 is 14.3 Å². The van der Waals surface area contributed by atoms with Gasteiger partial charge in [-0.1, -0.05) is 12.1 Å². The van der Waals surface area contributed by atoms with E-state index in [0.717, 1.165) is 6.54 Å². The van der Waals surface area contributed by atoms with Crippen LogP contribution < -0.4 is 5.32 Å². The first-order valence-electron chi connectivity index (χ1n) is 6.40. The SMILES string of the molecule is CN(CC1(O)CCNC1)C(=O)Cc1cccc(F)c1. The van der Waals surface area contributed by atoms with Gasteiger partial charge in [0, 0.05) is 13.6 Å². The van der Waals surface area contributed by atoms with Crippen molar-refractivity contribution in [3.8, 4) is 0 Å². The Morgan fingerprint density at radius 3 is 3.00 bits per heavy atom. The van der Waals surface area contributed by atoms with Crippen molar-refractivity contribution in [2.75, 3.05) is 26.7 Å². The third-order valence-corrected chi connectivity index (χ3v) is 3.42. The monoisotopic (exact) mass is 266 g/mol. The number of rotatable bonds is 4. The zero-order chi connectivity index (χ0) is 13.9. The normalized spacial score (nSPS) is 22.5. The van der Waals surface area contributed by atoms with Gasteiger partial charge in [-0.05, 0) is 30.7 Å². The minimum atomic E-state index is -0.841. The summed E-state index contributed by atoms with van der Waals surface area (Å²) < 4.78 is 13.0. The molecule has 1 aliphatic heterocycles. The number of carbonyl (C=O) groups excluding carboxylic acids is 1. The number of benzene rings is 1. The van der Waals surface area contributed by atoms with E-state index in [-0.39, 0.29) is 18.1 Å². The lowest BCUT2D eigenvalue weighted by atomic mass is 10.0. The fourth-order valence-electron chi connectivity index (χ4n) is 2.35. The lowest BCUT2D eigenvalue weighted by molar-refractivity contribution is -0.132. The first-order chi connectivity index (χ1) is 8.98. The second-order valence-electron chi connectivity index (χ2n) is 5.21. The summed E-state index contributed by atoms with van der Waals surface area (Å²) in [6.45, 7) is 1.57. The molecule has 5 heteroatoms. The zero-order valence-electron chi connectivity index (χ0n) is 11.0. The molecule has 4 nitrogen and oxygen atoms in total. The number of hydrogen-bond acceptors (Lipinski definition) is 3. The first-order valence-corrected chi connectivity index (χ1v) is 6.40. The number of carbonyl (C=O) groups is 1. The molecule has 0 aliphatic carbocycles. The Morgan fingerprint density at radius 2 is 2.37 bits per heavy atom. The number of halogens is 1. The van der Waals surface area contributed by atoms with Crippen LogP contribution in [-0.4, -0.2) is 48.2 Å². The summed E-state index contributed by atoms with van der Waals surface area (Å²) in [6, 6.07) is 6.02. The molecule has 0 spiro atoms. The maximum atomic E-state index is 13.0. The van der Waals surface area contributed by atoms with Crippen LogP contribution >= 0.6 is 0 Å². The highest BCUT2D eigenvalue weighted by molar-refractivity contribution is 5.78. The van der Waals surface area contributed by atoms with E-state index in [9.17, 15) is 14.3 Å². The summed E-state index contributed by atoms with van der Waals surface area (Å²) in [6.07, 6.45) is 0.794. The number of likely N-dealkylation sites (N-methyl/N-ethyl adjacent to an activating group) is 1. The molecule has 1 atom stereocenters. The average Bonchev–Trinajstić information content (AvgIpc) is 2.75. The van der Waals surface area contributed by atoms with Crippen LogP contribution in [0.5, 0.6) is 0 Å². The maximum Gasteiger partial charge on any atom is 0.226 e. The van der Waals surface area contributed by atoms with Crippen LogP contribution in [0.1, 0.15) is 12.0 Å². The Balaban J connectivity index is 1.92. The molecule has 0 radical (unpaired) electrons. The number of nitrogens with one attached hydrogen (secondary N) is 1. The molecule has 1 amide bonds. The van der Waals surface area contributed by atoms with Crippen molar-refractivity contribution in [2.45, 2.75) is 18.4 Å². The summed E-state index contributed by atoms with van der Waals surface area (Å²) >= 11 is 0. The summed E-state index contributed by atoms with van der Waals surface area (Å²) in [5, 5.41) is 13.3. The fraction of sp³-hybridized carbons (Fsp3) is 0.500. The molecule has 19 heavy (non-hydrogen) atoms. The second kappa shape index (κ2) is 5.67. The van der Waals surface area contributed by atoms with Crippen LogP contribution in [0, 0.1) is 5.82 Å². The molecule has 1 aromatic carbocycles. The standard InChI is InChI=1S/C14H19FN2O2/c1-17(10-14(19)5-6-16-9-14)13(18)8-11-3-2-4-12(15)7-11/h2-4,7,16,19H,5-6,8-10H2,1H3. The van der Waals surface area contributed by atoms with Crippen molar-refractivity contribution in [1.29, 1.82) is 0 Å². The van der Waals surface area contributed by atoms with E-state index >= 15 is 0 Å². The van der Waals surface area contributed by atoms with Gasteiger partial charge in [0.15, 0.2) is 0 Å². The predicted molar refractivity (Wildman–Crippen MR) is 70.2 cm³/mol. The van der Waals surface area contributed by atoms with Crippen LogP contribution in [0.3, 0.4) is 0 Å². The molecule has 104 valence electrons. The van der Waals surface area contributed by atoms with Gasteiger partial charge in [-0.15, -0.1) is 0 Å². The molecule has 0 aromatic heterocycles. The quantitative estimate of drug-likeness (QED) is 0.837. The molecule has 1 unspecified atom stereocenters. The molecule has 1 saturated heterocycles. The van der Waals surface area contributed by atoms with Gasteiger partial charge < -0.3 is 15.3 Å². The van der Waals surface area contributed by atoms with E-state index in [4.69, 9.17) is 0 Å². The molecule has 1 aromatic rings. The molecular weight excluding hydrogens is 247 g/mol. The smallest absolute Gasteiger partial charge is 0.226 e. The molecule has 1 aliphatic rings. The first kappa shape index (κ1) is 14.0. The van der Waals surface area contributed by atoms with E-state index in [2.05, 4.69) is 5.32 Å². The summed E-state index contributed by atoms with van der Waals surface area (Å²) in [7, 11) is 1.66. The van der Waals surface area contributed by atoms with Gasteiger partial charge in [0.05, 0.1) is 18.6 Å². The maximum absolute atomic E-state index is 13.0. The molecular formula is C14H19FN2O2. The molecule has 1 fully saturated rings. The van der Waals surface area contributed by atoms with Gasteiger partial charge in [-0.3, -0.25) is 4.79 Å². The van der Waals surface area contributed by atoms with Crippen molar-refractivity contribution in [3.63, 3.8) is 0 Å². The van der Waals surface area contributed by atoms with E-state index in [1.54, 1.807) is 19.2 Å². The number of hydrogen-bond donors (Lipinski definition) is 2. The Bertz CT molecular complexity index is 459. The summed E-state index contributed by atoms with van der Waals surface area (Å²) in [5.74, 6) is -0.461. The predicted octanol–water partition coefficient (Wildman–Crippen LogP) is 0.551. The van der Waals surface area contributed by atoms with E-state index < -0.39 is 5.60 Å². The third-order valence-electron chi connectivity index (χ3n) is 3.42. The second-order valence-corrected chi connectivity index (χ2v) is 5.21. The van der Waals surface area contributed by atoms with Crippen molar-refractivity contribution in [1.82, 2.24) is 10.2 Å². The number of aliphatic hydroxyl groups is 1. The van der Waals surface area contributed by atoms with Gasteiger partial charge in [0.1, 0.15) is 5.82 Å². The Labute approximate surface area is 112 Å². The third kappa shape index (κ3) is 3.75. The Hall–Kier alpha value is -1.46. The van der Waals surface area contributed by atoms with Crippen LogP contribution in [0.15, 0.2) is 24.3 Å². The summed E-state index contributed by atoms with van der Waals surface area (Å²) in [5.41, 5.74) is -0.194. The van der Waals surface area contributed by atoms with Crippen LogP contribution in [0.2, 0.25) is 0 Å². The van der Waals surface area contributed by atoms with E-state index in [0.29, 0.717) is 25.1 Å². The number of amides is 1. The van der Waals surface area contributed by atoms with Crippen LogP contribution in [0.4, 0.5) is 4.39 Å². The van der Waals surface area contributed by atoms with Crippen molar-refractivity contribution >= 4 is 5.91 Å². The fourth-order valence-corrected chi connectivity index (χ4v) is 2.35. The van der Waals surface area contributed by atoms with Gasteiger partial charge in [-0.25, -0.2) is 4.39 Å². The number of β-amino-alcohol motifs (C(OH)–C–C–N with tert-alkyl or cyclic N) is 1. The lowest BCUT2D eigenvalue weighted by Crippen LogP contribution is -2.45. The zero-order valence-corrected chi connectivity index (χ0v) is 11.0. The highest BCUT2D eigenvalue weighted by Gasteiger charge is 2.33. The van der Waals surface area contributed by atoms with Gasteiger partial charge >= 0.3 is 0 Å². The molecule has 1 heterocycles. The minimum Gasteiger partial charge on any atom is -0.387 e. The Morgan fingerprint density at radius 1 is 1.58 bits per heavy atom. The highest BCUT2D eigenvalue weighted by atomic mass is 19.1. The largest absolute Gasteiger partial charge is 0.387 e. The molecule has 2 N–H and O–H groups in total. The van der Waals surface area contributed by atoms with Crippen LogP contribution in [0.25, 0.3) is 0 Å². The topological polar surface area (TPSA) is 52.6 Å². The van der Waals surface area contributed by atoms with Crippen molar-refractivity contribution in [2.24, 2.45) is 0 Å². The lowest BCUT2D eigenvalue weighted by Gasteiger charge is -2.28.